The predicted octanol–water partition coefficient (Wildman–Crippen LogP) is 3.09. The van der Waals surface area contributed by atoms with Crippen LogP contribution in [0.4, 0.5) is 10.1 Å². The fourth-order valence-corrected chi connectivity index (χ4v) is 4.27. The minimum absolute atomic E-state index is 0.0221. The van der Waals surface area contributed by atoms with Crippen molar-refractivity contribution >= 4 is 33.0 Å². The topological polar surface area (TPSA) is 92.7 Å². The van der Waals surface area contributed by atoms with Crippen molar-refractivity contribution in [3.8, 4) is 5.75 Å². The van der Waals surface area contributed by atoms with Gasteiger partial charge in [-0.05, 0) is 37.6 Å². The van der Waals surface area contributed by atoms with Crippen LogP contribution in [0.15, 0.2) is 28.5 Å². The maximum Gasteiger partial charge on any atom is 0.346 e. The molecule has 0 amide bonds. The van der Waals surface area contributed by atoms with Crippen LogP contribution < -0.4 is 9.46 Å². The standard InChI is InChI=1S/C14H14FNO5S2/c1-3-21-11-5-4-9(7-10(11)15)16-23(19,20)12-6-8(2)13(22-12)14(17)18/h4-7,16H,3H2,1-2H3,(H,17,18). The maximum absolute atomic E-state index is 13.8. The molecule has 1 aromatic heterocycles. The van der Waals surface area contributed by atoms with Gasteiger partial charge in [-0.25, -0.2) is 17.6 Å². The third-order valence-corrected chi connectivity index (χ3v) is 5.92. The Morgan fingerprint density at radius 2 is 2.09 bits per heavy atom. The van der Waals surface area contributed by atoms with E-state index >= 15 is 0 Å². The summed E-state index contributed by atoms with van der Waals surface area (Å²) >= 11 is 0.641. The summed E-state index contributed by atoms with van der Waals surface area (Å²) < 4.78 is 45.4. The van der Waals surface area contributed by atoms with Crippen LogP contribution in [-0.2, 0) is 10.0 Å². The number of anilines is 1. The minimum Gasteiger partial charge on any atom is -0.491 e. The molecule has 2 rings (SSSR count). The molecule has 0 spiro atoms. The molecule has 124 valence electrons. The second kappa shape index (κ2) is 6.55. The molecular weight excluding hydrogens is 345 g/mol. The lowest BCUT2D eigenvalue weighted by atomic mass is 10.3. The number of rotatable bonds is 6. The Balaban J connectivity index is 2.29. The summed E-state index contributed by atoms with van der Waals surface area (Å²) in [6, 6.07) is 4.95. The molecule has 9 heteroatoms. The monoisotopic (exact) mass is 359 g/mol. The molecule has 0 atom stereocenters. The quantitative estimate of drug-likeness (QED) is 0.827. The Bertz CT molecular complexity index is 845. The summed E-state index contributed by atoms with van der Waals surface area (Å²) in [6.07, 6.45) is 0. The number of hydrogen-bond donors (Lipinski definition) is 2. The number of thiophene rings is 1. The Morgan fingerprint density at radius 3 is 2.61 bits per heavy atom. The van der Waals surface area contributed by atoms with Gasteiger partial charge in [0, 0.05) is 6.07 Å². The van der Waals surface area contributed by atoms with Gasteiger partial charge in [0.15, 0.2) is 11.6 Å². The Labute approximate surface area is 136 Å². The van der Waals surface area contributed by atoms with Gasteiger partial charge < -0.3 is 9.84 Å². The van der Waals surface area contributed by atoms with E-state index in [2.05, 4.69) is 4.72 Å². The minimum atomic E-state index is -3.99. The van der Waals surface area contributed by atoms with Crippen molar-refractivity contribution in [3.63, 3.8) is 0 Å². The van der Waals surface area contributed by atoms with E-state index in [0.29, 0.717) is 16.9 Å². The lowest BCUT2D eigenvalue weighted by Gasteiger charge is -2.09. The van der Waals surface area contributed by atoms with Gasteiger partial charge in [0.05, 0.1) is 12.3 Å². The first-order valence-corrected chi connectivity index (χ1v) is 8.83. The lowest BCUT2D eigenvalue weighted by molar-refractivity contribution is 0.0701. The van der Waals surface area contributed by atoms with Crippen LogP contribution in [0.2, 0.25) is 0 Å². The average molecular weight is 359 g/mol. The van der Waals surface area contributed by atoms with Crippen LogP contribution in [0.25, 0.3) is 0 Å². The van der Waals surface area contributed by atoms with Crippen molar-refractivity contribution < 1.29 is 27.4 Å². The summed E-state index contributed by atoms with van der Waals surface area (Å²) in [6.45, 7) is 3.50. The van der Waals surface area contributed by atoms with E-state index in [-0.39, 0.29) is 27.1 Å². The van der Waals surface area contributed by atoms with E-state index < -0.39 is 21.8 Å². The van der Waals surface area contributed by atoms with Gasteiger partial charge in [0.2, 0.25) is 0 Å². The van der Waals surface area contributed by atoms with Crippen molar-refractivity contribution in [2.24, 2.45) is 0 Å². The van der Waals surface area contributed by atoms with E-state index in [4.69, 9.17) is 9.84 Å². The van der Waals surface area contributed by atoms with E-state index in [1.54, 1.807) is 6.92 Å². The molecule has 0 bridgehead atoms. The molecular formula is C14H14FNO5S2. The molecule has 1 aromatic carbocycles. The predicted molar refractivity (Wildman–Crippen MR) is 84.4 cm³/mol. The van der Waals surface area contributed by atoms with E-state index in [0.717, 1.165) is 6.07 Å². The van der Waals surface area contributed by atoms with Crippen molar-refractivity contribution in [3.05, 3.63) is 40.5 Å². The van der Waals surface area contributed by atoms with Crippen molar-refractivity contribution in [2.75, 3.05) is 11.3 Å². The number of hydrogen-bond acceptors (Lipinski definition) is 5. The number of benzene rings is 1. The van der Waals surface area contributed by atoms with E-state index in [1.165, 1.54) is 25.1 Å². The molecule has 0 aliphatic rings. The largest absolute Gasteiger partial charge is 0.491 e. The first-order valence-electron chi connectivity index (χ1n) is 6.53. The molecule has 1 heterocycles. The second-order valence-corrected chi connectivity index (χ2v) is 7.53. The molecule has 0 fully saturated rings. The van der Waals surface area contributed by atoms with Gasteiger partial charge >= 0.3 is 5.97 Å². The zero-order chi connectivity index (χ0) is 17.2. The highest BCUT2D eigenvalue weighted by Gasteiger charge is 2.22. The zero-order valence-corrected chi connectivity index (χ0v) is 13.9. The van der Waals surface area contributed by atoms with Crippen molar-refractivity contribution in [1.82, 2.24) is 0 Å². The van der Waals surface area contributed by atoms with Crippen LogP contribution in [0, 0.1) is 12.7 Å². The van der Waals surface area contributed by atoms with E-state index in [9.17, 15) is 17.6 Å². The molecule has 0 saturated heterocycles. The number of aryl methyl sites for hydroxylation is 1. The number of halogens is 1. The SMILES string of the molecule is CCOc1ccc(NS(=O)(=O)c2cc(C)c(C(=O)O)s2)cc1F. The van der Waals surface area contributed by atoms with Gasteiger partial charge in [-0.2, -0.15) is 0 Å². The highest BCUT2D eigenvalue weighted by Crippen LogP contribution is 2.29. The molecule has 0 unspecified atom stereocenters. The summed E-state index contributed by atoms with van der Waals surface area (Å²) in [7, 11) is -3.99. The van der Waals surface area contributed by atoms with Crippen LogP contribution in [0.1, 0.15) is 22.2 Å². The van der Waals surface area contributed by atoms with Crippen LogP contribution in [0.5, 0.6) is 5.75 Å². The fourth-order valence-electron chi connectivity index (χ4n) is 1.84. The number of ether oxygens (including phenoxy) is 1. The maximum atomic E-state index is 13.8. The number of nitrogens with one attached hydrogen (secondary N) is 1. The van der Waals surface area contributed by atoms with Crippen LogP contribution >= 0.6 is 11.3 Å². The molecule has 0 aliphatic heterocycles. The normalized spacial score (nSPS) is 11.3. The highest BCUT2D eigenvalue weighted by molar-refractivity contribution is 7.94. The van der Waals surface area contributed by atoms with Gasteiger partial charge in [-0.1, -0.05) is 0 Å². The summed E-state index contributed by atoms with van der Waals surface area (Å²) in [5.74, 6) is -1.86. The van der Waals surface area contributed by atoms with Crippen LogP contribution in [-0.4, -0.2) is 26.1 Å². The summed E-state index contributed by atoms with van der Waals surface area (Å²) in [4.78, 5) is 10.9. The molecule has 2 N–H and O–H groups in total. The Kier molecular flexibility index (Phi) is 4.90. The fraction of sp³-hybridized carbons (Fsp3) is 0.214. The number of aromatic carboxylic acids is 1. The van der Waals surface area contributed by atoms with Crippen molar-refractivity contribution in [2.45, 2.75) is 18.1 Å². The van der Waals surface area contributed by atoms with Gasteiger partial charge in [-0.3, -0.25) is 4.72 Å². The highest BCUT2D eigenvalue weighted by atomic mass is 32.2. The molecule has 23 heavy (non-hydrogen) atoms. The van der Waals surface area contributed by atoms with Crippen molar-refractivity contribution in [1.29, 1.82) is 0 Å². The average Bonchev–Trinajstić information content (AvgIpc) is 2.85. The lowest BCUT2D eigenvalue weighted by Crippen LogP contribution is -2.11. The third-order valence-electron chi connectivity index (χ3n) is 2.84. The Hall–Kier alpha value is -2.13. The molecule has 0 saturated carbocycles. The van der Waals surface area contributed by atoms with Gasteiger partial charge in [0.25, 0.3) is 10.0 Å². The second-order valence-electron chi connectivity index (χ2n) is 4.57. The first kappa shape index (κ1) is 17.2. The summed E-state index contributed by atoms with van der Waals surface area (Å²) in [5.41, 5.74) is 0.370. The molecule has 6 nitrogen and oxygen atoms in total. The zero-order valence-electron chi connectivity index (χ0n) is 12.3. The first-order chi connectivity index (χ1) is 10.7. The van der Waals surface area contributed by atoms with Crippen LogP contribution in [0.3, 0.4) is 0 Å². The number of carboxylic acid groups (broad SMARTS) is 1. The molecule has 2 aromatic rings. The molecule has 0 aliphatic carbocycles. The number of carboxylic acids is 1. The van der Waals surface area contributed by atoms with Gasteiger partial charge in [-0.15, -0.1) is 11.3 Å². The van der Waals surface area contributed by atoms with E-state index in [1.807, 2.05) is 0 Å². The molecule has 0 radical (unpaired) electrons. The Morgan fingerprint density at radius 1 is 1.39 bits per heavy atom. The number of sulfonamides is 1. The third kappa shape index (κ3) is 3.80. The summed E-state index contributed by atoms with van der Waals surface area (Å²) in [5, 5.41) is 8.98. The smallest absolute Gasteiger partial charge is 0.346 e. The van der Waals surface area contributed by atoms with Gasteiger partial charge in [0.1, 0.15) is 9.09 Å². The number of carbonyl (C=O) groups is 1.